The first-order valence-corrected chi connectivity index (χ1v) is 15.3. The van der Waals surface area contributed by atoms with Crippen LogP contribution in [-0.4, -0.2) is 60.9 Å². The molecule has 15 heteroatoms. The molecule has 6 atom stereocenters. The van der Waals surface area contributed by atoms with E-state index in [-0.39, 0.29) is 46.2 Å². The van der Waals surface area contributed by atoms with Crippen molar-refractivity contribution in [1.82, 2.24) is 4.90 Å². The van der Waals surface area contributed by atoms with Crippen LogP contribution >= 0.6 is 50.7 Å². The van der Waals surface area contributed by atoms with Crippen molar-refractivity contribution in [2.45, 2.75) is 28.5 Å². The van der Waals surface area contributed by atoms with Gasteiger partial charge in [-0.05, 0) is 48.6 Å². The van der Waals surface area contributed by atoms with Gasteiger partial charge in [-0.2, -0.15) is 0 Å². The Morgan fingerprint density at radius 2 is 1.77 bits per heavy atom. The van der Waals surface area contributed by atoms with Crippen molar-refractivity contribution in [2.75, 3.05) is 17.5 Å². The van der Waals surface area contributed by atoms with E-state index in [2.05, 4.69) is 15.9 Å². The minimum absolute atomic E-state index is 0.00932. The van der Waals surface area contributed by atoms with Gasteiger partial charge in [-0.3, -0.25) is 39.1 Å². The molecule has 43 heavy (non-hydrogen) atoms. The quantitative estimate of drug-likeness (QED) is 0.115. The van der Waals surface area contributed by atoms with Crippen molar-refractivity contribution >= 4 is 85.7 Å². The number of nitro benzene ring substituents is 1. The van der Waals surface area contributed by atoms with Crippen LogP contribution in [0.2, 0.25) is 5.02 Å². The number of amides is 4. The Kier molecular flexibility index (Phi) is 7.07. The number of halogens is 4. The Hall–Kier alpha value is -3.19. The minimum Gasteiger partial charge on any atom is -0.503 e. The first kappa shape index (κ1) is 29.9. The highest BCUT2D eigenvalue weighted by Gasteiger charge is 2.76. The van der Waals surface area contributed by atoms with Crippen LogP contribution in [0.15, 0.2) is 48.0 Å². The zero-order chi connectivity index (χ0) is 31.2. The summed E-state index contributed by atoms with van der Waals surface area (Å²) in [6.45, 7) is 0. The second-order valence-corrected chi connectivity index (χ2v) is 13.0. The van der Waals surface area contributed by atoms with Crippen molar-refractivity contribution < 1.29 is 33.9 Å². The molecule has 2 heterocycles. The van der Waals surface area contributed by atoms with Crippen LogP contribution in [0.1, 0.15) is 24.3 Å². The third kappa shape index (κ3) is 3.92. The molecule has 1 N–H and O–H groups in total. The number of imide groups is 2. The molecule has 11 nitrogen and oxygen atoms in total. The van der Waals surface area contributed by atoms with Crippen LogP contribution in [0, 0.1) is 27.9 Å². The number of methoxy groups -OCH3 is 1. The van der Waals surface area contributed by atoms with Gasteiger partial charge in [0.15, 0.2) is 21.2 Å². The third-order valence-corrected chi connectivity index (χ3v) is 11.1. The molecule has 2 aliphatic carbocycles. The van der Waals surface area contributed by atoms with Crippen LogP contribution in [0.25, 0.3) is 0 Å². The molecule has 4 amide bonds. The van der Waals surface area contributed by atoms with E-state index in [1.54, 1.807) is 6.08 Å². The Morgan fingerprint density at radius 1 is 1.09 bits per heavy atom. The fraction of sp³-hybridized carbons (Fsp3) is 0.357. The number of likely N-dealkylation sites (tertiary alicyclic amines) is 1. The zero-order valence-electron chi connectivity index (χ0n) is 22.1. The Labute approximate surface area is 267 Å². The van der Waals surface area contributed by atoms with Crippen molar-refractivity contribution in [3.8, 4) is 11.5 Å². The van der Waals surface area contributed by atoms with Crippen LogP contribution in [0.3, 0.4) is 0 Å². The number of phenols is 1. The third-order valence-electron chi connectivity index (χ3n) is 8.94. The monoisotopic (exact) mass is 711 g/mol. The molecule has 0 aromatic heterocycles. The number of alkyl halides is 3. The lowest BCUT2D eigenvalue weighted by Gasteiger charge is -2.50. The summed E-state index contributed by atoms with van der Waals surface area (Å²) >= 11 is 23.9. The van der Waals surface area contributed by atoms with Crippen LogP contribution < -0.4 is 9.64 Å². The first-order valence-electron chi connectivity index (χ1n) is 13.0. The topological polar surface area (TPSA) is 147 Å². The van der Waals surface area contributed by atoms with E-state index in [9.17, 15) is 34.4 Å². The van der Waals surface area contributed by atoms with E-state index in [4.69, 9.17) is 39.5 Å². The molecule has 4 aliphatic rings. The van der Waals surface area contributed by atoms with Crippen molar-refractivity contribution in [2.24, 2.45) is 17.8 Å². The number of hydrogen-bond acceptors (Lipinski definition) is 8. The van der Waals surface area contributed by atoms with Gasteiger partial charge in [0.1, 0.15) is 0 Å². The molecule has 2 aromatic rings. The molecule has 2 aliphatic heterocycles. The molecule has 6 rings (SSSR count). The Balaban J connectivity index is 1.51. The van der Waals surface area contributed by atoms with Crippen LogP contribution in [-0.2, 0) is 19.2 Å². The molecule has 224 valence electrons. The molecular weight excluding hydrogens is 693 g/mol. The van der Waals surface area contributed by atoms with Gasteiger partial charge in [0.25, 0.3) is 17.5 Å². The number of allylic oxidation sites excluding steroid dienone is 2. The molecule has 3 fully saturated rings. The molecule has 2 saturated heterocycles. The highest BCUT2D eigenvalue weighted by Crippen LogP contribution is 2.66. The van der Waals surface area contributed by atoms with Gasteiger partial charge in [0.05, 0.1) is 40.0 Å². The smallest absolute Gasteiger partial charge is 0.269 e. The second kappa shape index (κ2) is 10.2. The molecule has 0 radical (unpaired) electrons. The van der Waals surface area contributed by atoms with Gasteiger partial charge >= 0.3 is 0 Å². The summed E-state index contributed by atoms with van der Waals surface area (Å²) in [5, 5.41) is 21.4. The largest absolute Gasteiger partial charge is 0.503 e. The van der Waals surface area contributed by atoms with Gasteiger partial charge in [0, 0.05) is 18.1 Å². The average Bonchev–Trinajstić information content (AvgIpc) is 3.32. The zero-order valence-corrected chi connectivity index (χ0v) is 26.0. The first-order chi connectivity index (χ1) is 20.3. The fourth-order valence-corrected chi connectivity index (χ4v) is 8.67. The standard InChI is InChI=1S/C28H21BrCl3N3O8/c1-43-19-9-12(8-18(30)22(19)36)21-15-6-7-16-20(17(15)10-27(31)25(39)33(11-29)26(40)28(21,27)32)24(38)34(23(16)37)13-2-4-14(5-3-13)35(41)42/h2-6,8-9,16-17,20-21,36H,7,10-11H2,1H3. The summed E-state index contributed by atoms with van der Waals surface area (Å²) in [6, 6.07) is 7.91. The highest BCUT2D eigenvalue weighted by atomic mass is 79.9. The predicted octanol–water partition coefficient (Wildman–Crippen LogP) is 4.88. The van der Waals surface area contributed by atoms with Crippen LogP contribution in [0.5, 0.6) is 11.5 Å². The number of hydrogen-bond donors (Lipinski definition) is 1. The van der Waals surface area contributed by atoms with Crippen molar-refractivity contribution in [1.29, 1.82) is 0 Å². The number of aromatic hydroxyl groups is 1. The number of benzene rings is 2. The van der Waals surface area contributed by atoms with Gasteiger partial charge in [-0.1, -0.05) is 39.2 Å². The molecule has 2 aromatic carbocycles. The Morgan fingerprint density at radius 3 is 2.37 bits per heavy atom. The number of ether oxygens (including phenoxy) is 1. The Bertz CT molecular complexity index is 1670. The number of rotatable bonds is 5. The van der Waals surface area contributed by atoms with E-state index >= 15 is 0 Å². The molecule has 6 unspecified atom stereocenters. The number of carbonyl (C=O) groups is 4. The van der Waals surface area contributed by atoms with E-state index < -0.39 is 62.0 Å². The number of fused-ring (bicyclic) bond motifs is 4. The molecule has 0 spiro atoms. The summed E-state index contributed by atoms with van der Waals surface area (Å²) in [6.07, 6.45) is 1.66. The maximum Gasteiger partial charge on any atom is 0.269 e. The SMILES string of the molecule is COc1cc(C2C3=CCC4C(=O)N(c5ccc([N+](=O)[O-])cc5)C(=O)C4C3CC3(Cl)C(=O)N(CBr)C(=O)C23Cl)cc(Cl)c1O. The maximum absolute atomic E-state index is 14.0. The minimum atomic E-state index is -2.05. The number of carbonyl (C=O) groups excluding carboxylic acids is 4. The number of anilines is 1. The van der Waals surface area contributed by atoms with Crippen molar-refractivity contribution in [3.05, 3.63) is 68.7 Å². The predicted molar refractivity (Wildman–Crippen MR) is 159 cm³/mol. The lowest BCUT2D eigenvalue weighted by Crippen LogP contribution is -2.60. The number of nitrogens with zero attached hydrogens (tertiary/aromatic N) is 3. The summed E-state index contributed by atoms with van der Waals surface area (Å²) in [7, 11) is 1.32. The molecule has 1 saturated carbocycles. The van der Waals surface area contributed by atoms with E-state index in [1.807, 2.05) is 0 Å². The summed E-state index contributed by atoms with van der Waals surface area (Å²) in [4.78, 5) is 63.7. The maximum atomic E-state index is 14.0. The highest BCUT2D eigenvalue weighted by molar-refractivity contribution is 9.09. The van der Waals surface area contributed by atoms with E-state index in [1.165, 1.54) is 43.5 Å². The molecular formula is C28H21BrCl3N3O8. The lowest BCUT2D eigenvalue weighted by molar-refractivity contribution is -0.384. The van der Waals surface area contributed by atoms with Gasteiger partial charge in [-0.15, -0.1) is 23.2 Å². The van der Waals surface area contributed by atoms with E-state index in [0.717, 1.165) is 9.80 Å². The van der Waals surface area contributed by atoms with Crippen molar-refractivity contribution in [3.63, 3.8) is 0 Å². The average molecular weight is 714 g/mol. The molecule has 0 bridgehead atoms. The van der Waals surface area contributed by atoms with Gasteiger partial charge < -0.3 is 9.84 Å². The second-order valence-electron chi connectivity index (χ2n) is 10.8. The summed E-state index contributed by atoms with van der Waals surface area (Å²) in [5.74, 6) is -6.57. The fourth-order valence-electron chi connectivity index (χ4n) is 7.02. The van der Waals surface area contributed by atoms with E-state index in [0.29, 0.717) is 11.1 Å². The van der Waals surface area contributed by atoms with Gasteiger partial charge in [0.2, 0.25) is 11.8 Å². The lowest BCUT2D eigenvalue weighted by atomic mass is 9.56. The summed E-state index contributed by atoms with van der Waals surface area (Å²) in [5.41, 5.74) is 0.631. The van der Waals surface area contributed by atoms with Crippen LogP contribution in [0.4, 0.5) is 11.4 Å². The summed E-state index contributed by atoms with van der Waals surface area (Å²) < 4.78 is 5.29. The number of non-ortho nitro benzene ring substituents is 1. The number of phenolic OH excluding ortho intramolecular Hbond substituents is 1. The number of nitro groups is 1. The van der Waals surface area contributed by atoms with Gasteiger partial charge in [-0.25, -0.2) is 0 Å². The normalized spacial score (nSPS) is 31.5.